The minimum atomic E-state index is -0.377. The van der Waals surface area contributed by atoms with E-state index in [4.69, 9.17) is 5.73 Å². The lowest BCUT2D eigenvalue weighted by Gasteiger charge is -2.29. The maximum atomic E-state index is 10.2. The fourth-order valence-corrected chi connectivity index (χ4v) is 3.06. The molecule has 0 saturated heterocycles. The molecule has 0 aromatic heterocycles. The summed E-state index contributed by atoms with van der Waals surface area (Å²) in [5.74, 6) is 1.64. The fourth-order valence-electron chi connectivity index (χ4n) is 3.06. The van der Waals surface area contributed by atoms with Crippen LogP contribution in [0.25, 0.3) is 0 Å². The molecule has 0 radical (unpaired) electrons. The molecular formula is C16H31NO. The summed E-state index contributed by atoms with van der Waals surface area (Å²) in [6.45, 7) is 8.20. The summed E-state index contributed by atoms with van der Waals surface area (Å²) in [5, 5.41) is 10.2. The summed E-state index contributed by atoms with van der Waals surface area (Å²) in [7, 11) is 0. The Morgan fingerprint density at radius 1 is 1.28 bits per heavy atom. The Hall–Kier alpha value is -0.340. The highest BCUT2D eigenvalue weighted by Crippen LogP contribution is 2.28. The van der Waals surface area contributed by atoms with Crippen molar-refractivity contribution in [3.8, 4) is 0 Å². The number of nitrogens with two attached hydrogens (primary N) is 1. The topological polar surface area (TPSA) is 46.2 Å². The standard InChI is InChI=1S/C16H31NO/c1-4-14(12(2)3)11-16(18)15(17)10-13-8-6-5-7-9-13/h4,12-16,18H,1,5-11,17H2,2-3H3/t14-,15-,16-/m0/s1. The van der Waals surface area contributed by atoms with E-state index in [1.165, 1.54) is 32.1 Å². The molecule has 2 nitrogen and oxygen atoms in total. The highest BCUT2D eigenvalue weighted by atomic mass is 16.3. The van der Waals surface area contributed by atoms with Gasteiger partial charge in [0.05, 0.1) is 6.10 Å². The van der Waals surface area contributed by atoms with Crippen LogP contribution in [0.3, 0.4) is 0 Å². The Bertz CT molecular complexity index is 233. The van der Waals surface area contributed by atoms with Crippen molar-refractivity contribution >= 4 is 0 Å². The highest BCUT2D eigenvalue weighted by Gasteiger charge is 2.24. The van der Waals surface area contributed by atoms with E-state index >= 15 is 0 Å². The molecule has 1 fully saturated rings. The monoisotopic (exact) mass is 253 g/mol. The van der Waals surface area contributed by atoms with Gasteiger partial charge in [-0.15, -0.1) is 6.58 Å². The van der Waals surface area contributed by atoms with Crippen LogP contribution in [0.15, 0.2) is 12.7 Å². The van der Waals surface area contributed by atoms with Crippen LogP contribution >= 0.6 is 0 Å². The van der Waals surface area contributed by atoms with Crippen LogP contribution in [0.1, 0.15) is 58.8 Å². The Kier molecular flexibility index (Phi) is 6.95. The van der Waals surface area contributed by atoms with Gasteiger partial charge >= 0.3 is 0 Å². The molecule has 0 aromatic rings. The smallest absolute Gasteiger partial charge is 0.0696 e. The Balaban J connectivity index is 2.35. The van der Waals surface area contributed by atoms with Crippen LogP contribution in [0.5, 0.6) is 0 Å². The lowest BCUT2D eigenvalue weighted by Crippen LogP contribution is -2.38. The third kappa shape index (κ3) is 5.11. The van der Waals surface area contributed by atoms with Gasteiger partial charge in [-0.25, -0.2) is 0 Å². The number of hydrogen-bond acceptors (Lipinski definition) is 2. The van der Waals surface area contributed by atoms with E-state index in [2.05, 4.69) is 20.4 Å². The van der Waals surface area contributed by atoms with E-state index in [9.17, 15) is 5.11 Å². The van der Waals surface area contributed by atoms with Crippen LogP contribution in [-0.2, 0) is 0 Å². The second-order valence-corrected chi connectivity index (χ2v) is 6.35. The number of hydrogen-bond donors (Lipinski definition) is 2. The quantitative estimate of drug-likeness (QED) is 0.682. The van der Waals surface area contributed by atoms with Crippen molar-refractivity contribution in [2.75, 3.05) is 0 Å². The summed E-state index contributed by atoms with van der Waals surface area (Å²) >= 11 is 0. The van der Waals surface area contributed by atoms with Crippen molar-refractivity contribution in [3.05, 3.63) is 12.7 Å². The van der Waals surface area contributed by atoms with Crippen molar-refractivity contribution in [1.29, 1.82) is 0 Å². The second kappa shape index (κ2) is 7.96. The Morgan fingerprint density at radius 2 is 1.89 bits per heavy atom. The maximum Gasteiger partial charge on any atom is 0.0696 e. The van der Waals surface area contributed by atoms with Gasteiger partial charge in [-0.3, -0.25) is 0 Å². The van der Waals surface area contributed by atoms with E-state index in [-0.39, 0.29) is 12.1 Å². The first-order valence-electron chi connectivity index (χ1n) is 7.60. The molecule has 18 heavy (non-hydrogen) atoms. The zero-order chi connectivity index (χ0) is 13.5. The van der Waals surface area contributed by atoms with E-state index in [1.807, 2.05) is 6.08 Å². The molecule has 0 aliphatic heterocycles. The molecule has 0 unspecified atom stereocenters. The van der Waals surface area contributed by atoms with Crippen molar-refractivity contribution in [1.82, 2.24) is 0 Å². The first-order chi connectivity index (χ1) is 8.54. The summed E-state index contributed by atoms with van der Waals surface area (Å²) < 4.78 is 0. The minimum absolute atomic E-state index is 0.0608. The van der Waals surface area contributed by atoms with Crippen molar-refractivity contribution in [3.63, 3.8) is 0 Å². The SMILES string of the molecule is C=C[C@@H](C[C@H](O)[C@@H](N)CC1CCCCC1)C(C)C. The molecular weight excluding hydrogens is 222 g/mol. The van der Waals surface area contributed by atoms with Gasteiger partial charge < -0.3 is 10.8 Å². The first-order valence-corrected chi connectivity index (χ1v) is 7.60. The molecule has 0 bridgehead atoms. The van der Waals surface area contributed by atoms with Crippen LogP contribution < -0.4 is 5.73 Å². The van der Waals surface area contributed by atoms with E-state index in [1.54, 1.807) is 0 Å². The van der Waals surface area contributed by atoms with Gasteiger partial charge in [0, 0.05) is 6.04 Å². The molecule has 0 spiro atoms. The van der Waals surface area contributed by atoms with Crippen LogP contribution in [0.4, 0.5) is 0 Å². The second-order valence-electron chi connectivity index (χ2n) is 6.35. The van der Waals surface area contributed by atoms with Crippen molar-refractivity contribution in [2.45, 2.75) is 70.9 Å². The summed E-state index contributed by atoms with van der Waals surface area (Å²) in [6.07, 6.45) is 9.99. The van der Waals surface area contributed by atoms with Crippen LogP contribution in [-0.4, -0.2) is 17.3 Å². The summed E-state index contributed by atoms with van der Waals surface area (Å²) in [6, 6.07) is -0.0608. The molecule has 3 N–H and O–H groups in total. The predicted molar refractivity (Wildman–Crippen MR) is 78.3 cm³/mol. The van der Waals surface area contributed by atoms with Gasteiger partial charge in [0.1, 0.15) is 0 Å². The lowest BCUT2D eigenvalue weighted by molar-refractivity contribution is 0.100. The molecule has 1 rings (SSSR count). The molecule has 1 aliphatic carbocycles. The van der Waals surface area contributed by atoms with Crippen LogP contribution in [0.2, 0.25) is 0 Å². The van der Waals surface area contributed by atoms with E-state index in [0.717, 1.165) is 18.8 Å². The Labute approximate surface area is 113 Å². The third-order valence-corrected chi connectivity index (χ3v) is 4.50. The van der Waals surface area contributed by atoms with Crippen LogP contribution in [0, 0.1) is 17.8 Å². The average Bonchev–Trinajstić information content (AvgIpc) is 2.36. The molecule has 1 aliphatic rings. The van der Waals surface area contributed by atoms with E-state index < -0.39 is 0 Å². The van der Waals surface area contributed by atoms with Gasteiger partial charge in [-0.05, 0) is 30.6 Å². The number of aliphatic hydroxyl groups excluding tert-OH is 1. The van der Waals surface area contributed by atoms with Gasteiger partial charge in [0.15, 0.2) is 0 Å². The average molecular weight is 253 g/mol. The van der Waals surface area contributed by atoms with Crippen molar-refractivity contribution < 1.29 is 5.11 Å². The fraction of sp³-hybridized carbons (Fsp3) is 0.875. The maximum absolute atomic E-state index is 10.2. The molecule has 2 heteroatoms. The minimum Gasteiger partial charge on any atom is -0.391 e. The normalized spacial score (nSPS) is 22.7. The molecule has 1 saturated carbocycles. The van der Waals surface area contributed by atoms with E-state index in [0.29, 0.717) is 11.8 Å². The highest BCUT2D eigenvalue weighted by molar-refractivity contribution is 4.87. The summed E-state index contributed by atoms with van der Waals surface area (Å²) in [5.41, 5.74) is 6.17. The molecule has 3 atom stereocenters. The predicted octanol–water partition coefficient (Wildman–Crippen LogP) is 3.49. The zero-order valence-corrected chi connectivity index (χ0v) is 12.1. The molecule has 106 valence electrons. The first kappa shape index (κ1) is 15.7. The molecule has 0 aromatic carbocycles. The Morgan fingerprint density at radius 3 is 2.39 bits per heavy atom. The zero-order valence-electron chi connectivity index (χ0n) is 12.1. The van der Waals surface area contributed by atoms with Gasteiger partial charge in [-0.2, -0.15) is 0 Å². The largest absolute Gasteiger partial charge is 0.391 e. The van der Waals surface area contributed by atoms with Gasteiger partial charge in [-0.1, -0.05) is 52.0 Å². The lowest BCUT2D eigenvalue weighted by atomic mass is 9.81. The number of rotatable bonds is 7. The van der Waals surface area contributed by atoms with Crippen molar-refractivity contribution in [2.24, 2.45) is 23.5 Å². The molecule has 0 amide bonds. The third-order valence-electron chi connectivity index (χ3n) is 4.50. The summed E-state index contributed by atoms with van der Waals surface area (Å²) in [4.78, 5) is 0. The number of allylic oxidation sites excluding steroid dienone is 1. The molecule has 0 heterocycles. The van der Waals surface area contributed by atoms with Gasteiger partial charge in [0.25, 0.3) is 0 Å². The van der Waals surface area contributed by atoms with Gasteiger partial charge in [0.2, 0.25) is 0 Å². The number of aliphatic hydroxyl groups is 1.